The fourth-order valence-corrected chi connectivity index (χ4v) is 3.14. The third-order valence-electron chi connectivity index (χ3n) is 4.58. The smallest absolute Gasteiger partial charge is 0.306 e. The molecule has 1 saturated heterocycles. The molecule has 0 spiro atoms. The van der Waals surface area contributed by atoms with Crippen LogP contribution in [0.4, 0.5) is 0 Å². The lowest BCUT2D eigenvalue weighted by atomic mass is 9.91. The van der Waals surface area contributed by atoms with Gasteiger partial charge in [-0.2, -0.15) is 0 Å². The molecular weight excluding hydrogens is 260 g/mol. The predicted molar refractivity (Wildman–Crippen MR) is 87.0 cm³/mol. The molecular formula is C19H28O2. The zero-order valence-corrected chi connectivity index (χ0v) is 13.7. The molecule has 1 aliphatic heterocycles. The van der Waals surface area contributed by atoms with Crippen molar-refractivity contribution in [3.63, 3.8) is 0 Å². The molecule has 2 atom stereocenters. The molecule has 1 heterocycles. The number of fused-ring (bicyclic) bond motifs is 1. The van der Waals surface area contributed by atoms with Crippen LogP contribution >= 0.6 is 0 Å². The molecule has 0 saturated carbocycles. The third kappa shape index (κ3) is 5.18. The summed E-state index contributed by atoms with van der Waals surface area (Å²) in [4.78, 5) is 11.6. The van der Waals surface area contributed by atoms with Gasteiger partial charge < -0.3 is 4.74 Å². The SMILES string of the molecule is C/C1=C\CC/C(C)=C/[C@H]2OC(=O)C[C@@H]2CC/C(C)=C/CC1. The van der Waals surface area contributed by atoms with Crippen LogP contribution in [0.2, 0.25) is 0 Å². The van der Waals surface area contributed by atoms with Crippen LogP contribution in [0.3, 0.4) is 0 Å². The summed E-state index contributed by atoms with van der Waals surface area (Å²) in [6.07, 6.45) is 14.0. The summed E-state index contributed by atoms with van der Waals surface area (Å²) in [5.74, 6) is 0.326. The Morgan fingerprint density at radius 1 is 0.952 bits per heavy atom. The van der Waals surface area contributed by atoms with E-state index in [1.807, 2.05) is 0 Å². The lowest BCUT2D eigenvalue weighted by molar-refractivity contribution is -0.140. The van der Waals surface area contributed by atoms with Gasteiger partial charge in [0.1, 0.15) is 6.10 Å². The second-order valence-electron chi connectivity index (χ2n) is 6.65. The number of rotatable bonds is 0. The van der Waals surface area contributed by atoms with Gasteiger partial charge in [0.05, 0.1) is 6.42 Å². The predicted octanol–water partition coefficient (Wildman–Crippen LogP) is 5.11. The molecule has 2 nitrogen and oxygen atoms in total. The minimum absolute atomic E-state index is 0.00156. The van der Waals surface area contributed by atoms with Gasteiger partial charge in [-0.3, -0.25) is 4.79 Å². The number of hydrogen-bond donors (Lipinski definition) is 0. The highest BCUT2D eigenvalue weighted by molar-refractivity contribution is 5.72. The van der Waals surface area contributed by atoms with Crippen molar-refractivity contribution >= 4 is 5.97 Å². The van der Waals surface area contributed by atoms with Crippen molar-refractivity contribution in [3.8, 4) is 0 Å². The van der Waals surface area contributed by atoms with Crippen molar-refractivity contribution in [1.29, 1.82) is 0 Å². The van der Waals surface area contributed by atoms with Gasteiger partial charge in [-0.25, -0.2) is 0 Å². The summed E-state index contributed by atoms with van der Waals surface area (Å²) in [5.41, 5.74) is 4.26. The van der Waals surface area contributed by atoms with E-state index < -0.39 is 0 Å². The molecule has 0 aromatic rings. The molecule has 1 fully saturated rings. The maximum atomic E-state index is 11.6. The topological polar surface area (TPSA) is 26.3 Å². The summed E-state index contributed by atoms with van der Waals surface area (Å²) >= 11 is 0. The van der Waals surface area contributed by atoms with Gasteiger partial charge in [-0.05, 0) is 65.4 Å². The van der Waals surface area contributed by atoms with E-state index >= 15 is 0 Å². The lowest BCUT2D eigenvalue weighted by Crippen LogP contribution is -2.14. The normalized spacial score (nSPS) is 36.1. The van der Waals surface area contributed by atoms with Crippen LogP contribution < -0.4 is 0 Å². The fraction of sp³-hybridized carbons (Fsp3) is 0.632. The molecule has 0 bridgehead atoms. The van der Waals surface area contributed by atoms with E-state index in [4.69, 9.17) is 4.74 Å². The molecule has 0 aromatic carbocycles. The van der Waals surface area contributed by atoms with E-state index in [0.717, 1.165) is 38.5 Å². The van der Waals surface area contributed by atoms with E-state index in [0.29, 0.717) is 12.3 Å². The van der Waals surface area contributed by atoms with E-state index in [1.165, 1.54) is 16.7 Å². The molecule has 0 radical (unpaired) electrons. The number of hydrogen-bond acceptors (Lipinski definition) is 2. The Bertz CT molecular complexity index is 468. The quantitative estimate of drug-likeness (QED) is 0.457. The molecule has 2 rings (SSSR count). The molecule has 0 unspecified atom stereocenters. The summed E-state index contributed by atoms with van der Waals surface area (Å²) in [5, 5.41) is 0. The Morgan fingerprint density at radius 3 is 2.29 bits per heavy atom. The number of allylic oxidation sites excluding steroid dienone is 5. The third-order valence-corrected chi connectivity index (χ3v) is 4.58. The zero-order chi connectivity index (χ0) is 15.2. The second kappa shape index (κ2) is 7.63. The van der Waals surface area contributed by atoms with Gasteiger partial charge in [-0.1, -0.05) is 28.9 Å². The summed E-state index contributed by atoms with van der Waals surface area (Å²) in [6, 6.07) is 0. The van der Waals surface area contributed by atoms with Gasteiger partial charge in [0, 0.05) is 5.92 Å². The first kappa shape index (κ1) is 16.1. The Morgan fingerprint density at radius 2 is 1.57 bits per heavy atom. The Hall–Kier alpha value is -1.31. The molecule has 2 aliphatic rings. The largest absolute Gasteiger partial charge is 0.458 e. The van der Waals surface area contributed by atoms with Crippen LogP contribution in [0, 0.1) is 5.92 Å². The van der Waals surface area contributed by atoms with Gasteiger partial charge in [0.15, 0.2) is 0 Å². The van der Waals surface area contributed by atoms with Crippen molar-refractivity contribution in [2.75, 3.05) is 0 Å². The zero-order valence-electron chi connectivity index (χ0n) is 13.7. The van der Waals surface area contributed by atoms with Crippen molar-refractivity contribution in [2.45, 2.75) is 71.8 Å². The molecule has 21 heavy (non-hydrogen) atoms. The van der Waals surface area contributed by atoms with E-state index in [1.54, 1.807) is 0 Å². The Labute approximate surface area is 129 Å². The highest BCUT2D eigenvalue weighted by Crippen LogP contribution is 2.30. The highest BCUT2D eigenvalue weighted by Gasteiger charge is 2.32. The van der Waals surface area contributed by atoms with E-state index in [-0.39, 0.29) is 12.1 Å². The fourth-order valence-electron chi connectivity index (χ4n) is 3.14. The second-order valence-corrected chi connectivity index (χ2v) is 6.65. The highest BCUT2D eigenvalue weighted by atomic mass is 16.5. The van der Waals surface area contributed by atoms with Gasteiger partial charge in [0.25, 0.3) is 0 Å². The Kier molecular flexibility index (Phi) is 5.84. The number of ether oxygens (including phenoxy) is 1. The van der Waals surface area contributed by atoms with Crippen molar-refractivity contribution in [3.05, 3.63) is 34.9 Å². The summed E-state index contributed by atoms with van der Waals surface area (Å²) < 4.78 is 5.50. The molecule has 0 aromatic heterocycles. The first-order valence-corrected chi connectivity index (χ1v) is 8.22. The minimum Gasteiger partial charge on any atom is -0.458 e. The van der Waals surface area contributed by atoms with Crippen LogP contribution in [-0.4, -0.2) is 12.1 Å². The average molecular weight is 288 g/mol. The van der Waals surface area contributed by atoms with Gasteiger partial charge in [-0.15, -0.1) is 0 Å². The monoisotopic (exact) mass is 288 g/mol. The summed E-state index contributed by atoms with van der Waals surface area (Å²) in [6.45, 7) is 6.59. The average Bonchev–Trinajstić information content (AvgIpc) is 2.75. The summed E-state index contributed by atoms with van der Waals surface area (Å²) in [7, 11) is 0. The van der Waals surface area contributed by atoms with Gasteiger partial charge >= 0.3 is 5.97 Å². The molecule has 116 valence electrons. The van der Waals surface area contributed by atoms with Gasteiger partial charge in [0.2, 0.25) is 0 Å². The standard InChI is InChI=1S/C19H28O2/c1-14-6-4-8-15(2)10-11-17-13-19(20)21-18(17)12-16(3)9-5-7-14/h7-8,12,17-18H,4-6,9-11,13H2,1-3H3/b14-7+,15-8+,16-12+/t17-,18+/m0/s1. The maximum absolute atomic E-state index is 11.6. The Balaban J connectivity index is 2.12. The maximum Gasteiger partial charge on any atom is 0.306 e. The molecule has 1 aliphatic carbocycles. The first-order chi connectivity index (χ1) is 10.0. The van der Waals surface area contributed by atoms with Crippen LogP contribution in [-0.2, 0) is 9.53 Å². The molecule has 0 N–H and O–H groups in total. The van der Waals surface area contributed by atoms with Crippen LogP contribution in [0.5, 0.6) is 0 Å². The van der Waals surface area contributed by atoms with E-state index in [2.05, 4.69) is 39.0 Å². The molecule has 0 amide bonds. The minimum atomic E-state index is -0.0317. The van der Waals surface area contributed by atoms with Crippen molar-refractivity contribution in [1.82, 2.24) is 0 Å². The van der Waals surface area contributed by atoms with Crippen molar-refractivity contribution in [2.24, 2.45) is 5.92 Å². The van der Waals surface area contributed by atoms with Crippen LogP contribution in [0.1, 0.15) is 65.7 Å². The van der Waals surface area contributed by atoms with Crippen LogP contribution in [0.15, 0.2) is 34.9 Å². The number of esters is 1. The molecule has 2 heteroatoms. The van der Waals surface area contributed by atoms with E-state index in [9.17, 15) is 4.79 Å². The van der Waals surface area contributed by atoms with Crippen molar-refractivity contribution < 1.29 is 9.53 Å². The number of carbonyl (C=O) groups is 1. The lowest BCUT2D eigenvalue weighted by Gasteiger charge is -2.16. The van der Waals surface area contributed by atoms with Crippen LogP contribution in [0.25, 0.3) is 0 Å². The number of carbonyl (C=O) groups excluding carboxylic acids is 1. The first-order valence-electron chi connectivity index (χ1n) is 8.22.